The van der Waals surface area contributed by atoms with E-state index in [0.29, 0.717) is 19.1 Å². The lowest BCUT2D eigenvalue weighted by molar-refractivity contribution is -0.147. The van der Waals surface area contributed by atoms with Gasteiger partial charge in [0.2, 0.25) is 0 Å². The number of halogens is 1. The first-order chi connectivity index (χ1) is 5.81. The largest absolute Gasteiger partial charge is 0.464 e. The summed E-state index contributed by atoms with van der Waals surface area (Å²) in [6.45, 7) is 2.54. The molecule has 0 aromatic heterocycles. The van der Waals surface area contributed by atoms with Crippen molar-refractivity contribution in [2.75, 3.05) is 25.7 Å². The zero-order valence-corrected chi connectivity index (χ0v) is 7.84. The highest BCUT2D eigenvalue weighted by molar-refractivity contribution is 6.18. The van der Waals surface area contributed by atoms with Crippen molar-refractivity contribution >= 4 is 17.6 Å². The normalized spacial score (nSPS) is 10.5. The highest BCUT2D eigenvalue weighted by Crippen LogP contribution is 1.83. The van der Waals surface area contributed by atoms with Crippen molar-refractivity contribution in [2.24, 2.45) is 0 Å². The Labute approximate surface area is 77.3 Å². The first-order valence-corrected chi connectivity index (χ1v) is 4.29. The zero-order valence-electron chi connectivity index (χ0n) is 7.09. The van der Waals surface area contributed by atoms with Crippen LogP contribution in [0.1, 0.15) is 6.92 Å². The van der Waals surface area contributed by atoms with Gasteiger partial charge in [-0.3, -0.25) is 0 Å². The number of carbonyl (C=O) groups excluding carboxylic acids is 1. The average molecular weight is 193 g/mol. The summed E-state index contributed by atoms with van der Waals surface area (Å²) in [6, 6.07) is 0. The second-order valence-corrected chi connectivity index (χ2v) is 2.25. The molecule has 0 atom stereocenters. The standard InChI is InChI=1S/C8H13ClO3/c1-2-12-8(10)7-11-6-4-3-5-9/h3-4H,2,5-7H2,1H3. The molecule has 0 saturated carbocycles. The molecule has 0 bridgehead atoms. The van der Waals surface area contributed by atoms with Gasteiger partial charge in [-0.2, -0.15) is 0 Å². The molecule has 0 unspecified atom stereocenters. The third-order valence-electron chi connectivity index (χ3n) is 0.995. The van der Waals surface area contributed by atoms with Gasteiger partial charge < -0.3 is 9.47 Å². The minimum Gasteiger partial charge on any atom is -0.464 e. The van der Waals surface area contributed by atoms with E-state index in [1.54, 1.807) is 19.1 Å². The SMILES string of the molecule is CCOC(=O)COCC=CCCl. The molecule has 0 aromatic carbocycles. The molecule has 0 amide bonds. The van der Waals surface area contributed by atoms with Crippen LogP contribution < -0.4 is 0 Å². The lowest BCUT2D eigenvalue weighted by Gasteiger charge is -2.00. The quantitative estimate of drug-likeness (QED) is 0.276. The fourth-order valence-corrected chi connectivity index (χ4v) is 0.670. The van der Waals surface area contributed by atoms with Crippen LogP contribution in [0.3, 0.4) is 0 Å². The molecule has 70 valence electrons. The molecular weight excluding hydrogens is 180 g/mol. The number of rotatable bonds is 6. The van der Waals surface area contributed by atoms with Gasteiger partial charge in [0.15, 0.2) is 0 Å². The molecule has 12 heavy (non-hydrogen) atoms. The van der Waals surface area contributed by atoms with Gasteiger partial charge in [-0.25, -0.2) is 4.79 Å². The fourth-order valence-electron chi connectivity index (χ4n) is 0.544. The van der Waals surface area contributed by atoms with Crippen molar-refractivity contribution in [2.45, 2.75) is 6.92 Å². The third kappa shape index (κ3) is 7.57. The van der Waals surface area contributed by atoms with E-state index in [0.717, 1.165) is 0 Å². The van der Waals surface area contributed by atoms with Crippen molar-refractivity contribution in [3.05, 3.63) is 12.2 Å². The Balaban J connectivity index is 3.19. The van der Waals surface area contributed by atoms with Gasteiger partial charge in [-0.15, -0.1) is 11.6 Å². The highest BCUT2D eigenvalue weighted by atomic mass is 35.5. The van der Waals surface area contributed by atoms with E-state index in [1.165, 1.54) is 0 Å². The van der Waals surface area contributed by atoms with Crippen LogP contribution in [0, 0.1) is 0 Å². The second-order valence-electron chi connectivity index (χ2n) is 1.95. The second kappa shape index (κ2) is 8.56. The Morgan fingerprint density at radius 2 is 2.25 bits per heavy atom. The topological polar surface area (TPSA) is 35.5 Å². The molecule has 0 saturated heterocycles. The molecule has 4 heteroatoms. The number of hydrogen-bond acceptors (Lipinski definition) is 3. The Morgan fingerprint density at radius 3 is 2.83 bits per heavy atom. The van der Waals surface area contributed by atoms with E-state index in [2.05, 4.69) is 4.74 Å². The summed E-state index contributed by atoms with van der Waals surface area (Å²) < 4.78 is 9.56. The maximum Gasteiger partial charge on any atom is 0.332 e. The summed E-state index contributed by atoms with van der Waals surface area (Å²) >= 11 is 5.36. The van der Waals surface area contributed by atoms with Gasteiger partial charge >= 0.3 is 5.97 Å². The van der Waals surface area contributed by atoms with Crippen LogP contribution in [0.15, 0.2) is 12.2 Å². The van der Waals surface area contributed by atoms with Crippen molar-refractivity contribution in [1.82, 2.24) is 0 Å². The van der Waals surface area contributed by atoms with Crippen LogP contribution in [0.25, 0.3) is 0 Å². The Kier molecular flexibility index (Phi) is 8.17. The monoisotopic (exact) mass is 192 g/mol. The van der Waals surface area contributed by atoms with E-state index in [9.17, 15) is 4.79 Å². The van der Waals surface area contributed by atoms with Crippen LogP contribution >= 0.6 is 11.6 Å². The van der Waals surface area contributed by atoms with Gasteiger partial charge in [0, 0.05) is 5.88 Å². The fraction of sp³-hybridized carbons (Fsp3) is 0.625. The lowest BCUT2D eigenvalue weighted by Crippen LogP contribution is -2.12. The number of esters is 1. The molecule has 0 aliphatic carbocycles. The molecule has 0 fully saturated rings. The zero-order chi connectivity index (χ0) is 9.23. The van der Waals surface area contributed by atoms with Gasteiger partial charge in [0.05, 0.1) is 13.2 Å². The van der Waals surface area contributed by atoms with Gasteiger partial charge in [0.25, 0.3) is 0 Å². The maximum atomic E-state index is 10.7. The first kappa shape index (κ1) is 11.5. The highest BCUT2D eigenvalue weighted by Gasteiger charge is 1.98. The van der Waals surface area contributed by atoms with Crippen LogP contribution in [0.5, 0.6) is 0 Å². The average Bonchev–Trinajstić information content (AvgIpc) is 2.05. The first-order valence-electron chi connectivity index (χ1n) is 3.75. The molecule has 0 N–H and O–H groups in total. The van der Waals surface area contributed by atoms with E-state index < -0.39 is 0 Å². The molecule has 0 rings (SSSR count). The molecule has 0 heterocycles. The van der Waals surface area contributed by atoms with Crippen molar-refractivity contribution in [3.8, 4) is 0 Å². The van der Waals surface area contributed by atoms with Gasteiger partial charge in [-0.05, 0) is 6.92 Å². The van der Waals surface area contributed by atoms with E-state index in [4.69, 9.17) is 16.3 Å². The summed E-state index contributed by atoms with van der Waals surface area (Å²) in [4.78, 5) is 10.7. The summed E-state index contributed by atoms with van der Waals surface area (Å²) in [6.07, 6.45) is 3.51. The van der Waals surface area contributed by atoms with Crippen molar-refractivity contribution in [1.29, 1.82) is 0 Å². The summed E-state index contributed by atoms with van der Waals surface area (Å²) in [5, 5.41) is 0. The van der Waals surface area contributed by atoms with Gasteiger partial charge in [0.1, 0.15) is 6.61 Å². The van der Waals surface area contributed by atoms with Crippen LogP contribution in [0.4, 0.5) is 0 Å². The number of ether oxygens (including phenoxy) is 2. The molecule has 0 radical (unpaired) electrons. The van der Waals surface area contributed by atoms with E-state index in [1.807, 2.05) is 0 Å². The molecule has 0 aromatic rings. The lowest BCUT2D eigenvalue weighted by atomic mass is 10.5. The molecule has 0 aliphatic heterocycles. The third-order valence-corrected chi connectivity index (χ3v) is 1.17. The van der Waals surface area contributed by atoms with Crippen LogP contribution in [-0.2, 0) is 14.3 Å². The minimum atomic E-state index is -0.336. The molecule has 0 spiro atoms. The van der Waals surface area contributed by atoms with Crippen LogP contribution in [0.2, 0.25) is 0 Å². The number of allylic oxidation sites excluding steroid dienone is 1. The van der Waals surface area contributed by atoms with Crippen molar-refractivity contribution < 1.29 is 14.3 Å². The molecular formula is C8H13ClO3. The number of alkyl halides is 1. The van der Waals surface area contributed by atoms with Crippen LogP contribution in [-0.4, -0.2) is 31.7 Å². The predicted octanol–water partition coefficient (Wildman–Crippen LogP) is 1.36. The predicted molar refractivity (Wildman–Crippen MR) is 47.3 cm³/mol. The van der Waals surface area contributed by atoms with Crippen molar-refractivity contribution in [3.63, 3.8) is 0 Å². The Hall–Kier alpha value is -0.540. The summed E-state index contributed by atoms with van der Waals surface area (Å²) in [7, 11) is 0. The maximum absolute atomic E-state index is 10.7. The Bertz CT molecular complexity index is 145. The summed E-state index contributed by atoms with van der Waals surface area (Å²) in [5.41, 5.74) is 0. The minimum absolute atomic E-state index is 0.000462. The molecule has 3 nitrogen and oxygen atoms in total. The van der Waals surface area contributed by atoms with E-state index >= 15 is 0 Å². The number of carbonyl (C=O) groups is 1. The smallest absolute Gasteiger partial charge is 0.332 e. The number of hydrogen-bond donors (Lipinski definition) is 0. The summed E-state index contributed by atoms with van der Waals surface area (Å²) in [5.74, 6) is 0.125. The van der Waals surface area contributed by atoms with Gasteiger partial charge in [-0.1, -0.05) is 12.2 Å². The van der Waals surface area contributed by atoms with E-state index in [-0.39, 0.29) is 12.6 Å². The molecule has 0 aliphatic rings. The Morgan fingerprint density at radius 1 is 1.50 bits per heavy atom.